The average Bonchev–Trinajstić information content (AvgIpc) is 2.94. The summed E-state index contributed by atoms with van der Waals surface area (Å²) in [6.45, 7) is 0.965. The number of anilines is 1. The van der Waals surface area contributed by atoms with E-state index in [-0.39, 0.29) is 0 Å². The topological polar surface area (TPSA) is 48.3 Å². The van der Waals surface area contributed by atoms with Gasteiger partial charge in [-0.25, -0.2) is 0 Å². The lowest BCUT2D eigenvalue weighted by molar-refractivity contribution is 0.174. The maximum Gasteiger partial charge on any atom is 0.231 e. The maximum absolute atomic E-state index is 5.36. The van der Waals surface area contributed by atoms with Gasteiger partial charge in [0.15, 0.2) is 11.5 Å². The standard InChI is InChI=1S/C12H12BrN3O2/c1-16-3-2-12(15-16)14-6-8-4-10-11(5-9(8)13)18-7-17-10/h2-5H,6-7H2,1H3,(H,14,15). The highest BCUT2D eigenvalue weighted by Gasteiger charge is 2.16. The smallest absolute Gasteiger partial charge is 0.231 e. The Morgan fingerprint density at radius 2 is 2.17 bits per heavy atom. The van der Waals surface area contributed by atoms with Crippen LogP contribution in [0.5, 0.6) is 11.5 Å². The zero-order chi connectivity index (χ0) is 12.5. The van der Waals surface area contributed by atoms with Gasteiger partial charge in [0.25, 0.3) is 0 Å². The second-order valence-corrected chi connectivity index (χ2v) is 4.88. The Morgan fingerprint density at radius 3 is 2.89 bits per heavy atom. The van der Waals surface area contributed by atoms with Crippen molar-refractivity contribution < 1.29 is 9.47 Å². The molecule has 6 heteroatoms. The first-order valence-electron chi connectivity index (χ1n) is 5.54. The number of ether oxygens (including phenoxy) is 2. The molecule has 0 amide bonds. The van der Waals surface area contributed by atoms with E-state index in [0.29, 0.717) is 13.3 Å². The average molecular weight is 310 g/mol. The lowest BCUT2D eigenvalue weighted by Crippen LogP contribution is -2.01. The minimum Gasteiger partial charge on any atom is -0.454 e. The van der Waals surface area contributed by atoms with Crippen molar-refractivity contribution in [2.45, 2.75) is 6.54 Å². The zero-order valence-corrected chi connectivity index (χ0v) is 11.4. The molecule has 0 saturated carbocycles. The Hall–Kier alpha value is -1.69. The van der Waals surface area contributed by atoms with Crippen LogP contribution in [-0.2, 0) is 13.6 Å². The molecule has 1 aromatic heterocycles. The highest BCUT2D eigenvalue weighted by atomic mass is 79.9. The molecule has 0 radical (unpaired) electrons. The number of hydrogen-bond acceptors (Lipinski definition) is 4. The first kappa shape index (κ1) is 11.4. The van der Waals surface area contributed by atoms with Gasteiger partial charge in [-0.15, -0.1) is 0 Å². The van der Waals surface area contributed by atoms with E-state index in [0.717, 1.165) is 27.4 Å². The Bertz CT molecular complexity index is 583. The van der Waals surface area contributed by atoms with Crippen molar-refractivity contribution in [1.82, 2.24) is 9.78 Å². The quantitative estimate of drug-likeness (QED) is 0.946. The summed E-state index contributed by atoms with van der Waals surface area (Å²) < 4.78 is 13.4. The monoisotopic (exact) mass is 309 g/mol. The third-order valence-electron chi connectivity index (χ3n) is 2.72. The van der Waals surface area contributed by atoms with Crippen LogP contribution < -0.4 is 14.8 Å². The molecule has 0 unspecified atom stereocenters. The van der Waals surface area contributed by atoms with Crippen molar-refractivity contribution >= 4 is 21.7 Å². The Balaban J connectivity index is 1.76. The van der Waals surface area contributed by atoms with E-state index in [1.807, 2.05) is 31.4 Å². The largest absolute Gasteiger partial charge is 0.454 e. The highest BCUT2D eigenvalue weighted by Crippen LogP contribution is 2.37. The number of aromatic nitrogens is 2. The molecular weight excluding hydrogens is 298 g/mol. The van der Waals surface area contributed by atoms with Gasteiger partial charge in [-0.3, -0.25) is 4.68 Å². The number of hydrogen-bond donors (Lipinski definition) is 1. The molecule has 0 fully saturated rings. The van der Waals surface area contributed by atoms with Crippen molar-refractivity contribution in [2.24, 2.45) is 7.05 Å². The summed E-state index contributed by atoms with van der Waals surface area (Å²) in [4.78, 5) is 0. The molecule has 0 bridgehead atoms. The third kappa shape index (κ3) is 2.15. The van der Waals surface area contributed by atoms with E-state index in [9.17, 15) is 0 Å². The summed E-state index contributed by atoms with van der Waals surface area (Å²) in [5.74, 6) is 2.42. The zero-order valence-electron chi connectivity index (χ0n) is 9.81. The van der Waals surface area contributed by atoms with Crippen LogP contribution in [0, 0.1) is 0 Å². The third-order valence-corrected chi connectivity index (χ3v) is 3.45. The van der Waals surface area contributed by atoms with Crippen LogP contribution in [0.15, 0.2) is 28.9 Å². The summed E-state index contributed by atoms with van der Waals surface area (Å²) >= 11 is 3.53. The van der Waals surface area contributed by atoms with Crippen LogP contribution in [0.2, 0.25) is 0 Å². The molecule has 0 spiro atoms. The number of nitrogens with one attached hydrogen (secondary N) is 1. The Labute approximate surface area is 113 Å². The SMILES string of the molecule is Cn1ccc(NCc2cc3c(cc2Br)OCO3)n1. The fourth-order valence-corrected chi connectivity index (χ4v) is 2.25. The van der Waals surface area contributed by atoms with Crippen molar-refractivity contribution in [3.8, 4) is 11.5 Å². The second kappa shape index (κ2) is 4.53. The molecule has 2 aromatic rings. The molecule has 0 saturated heterocycles. The molecule has 2 heterocycles. The molecular formula is C12H12BrN3O2. The van der Waals surface area contributed by atoms with Crippen molar-refractivity contribution in [3.05, 3.63) is 34.4 Å². The van der Waals surface area contributed by atoms with Crippen LogP contribution in [0.4, 0.5) is 5.82 Å². The van der Waals surface area contributed by atoms with Gasteiger partial charge in [-0.1, -0.05) is 15.9 Å². The van der Waals surface area contributed by atoms with E-state index >= 15 is 0 Å². The van der Waals surface area contributed by atoms with Crippen LogP contribution >= 0.6 is 15.9 Å². The number of benzene rings is 1. The van der Waals surface area contributed by atoms with Gasteiger partial charge in [-0.2, -0.15) is 5.10 Å². The Morgan fingerprint density at radius 1 is 1.39 bits per heavy atom. The predicted molar refractivity (Wildman–Crippen MR) is 70.8 cm³/mol. The Kier molecular flexibility index (Phi) is 2.87. The van der Waals surface area contributed by atoms with E-state index in [2.05, 4.69) is 26.3 Å². The molecule has 1 aromatic carbocycles. The van der Waals surface area contributed by atoms with Gasteiger partial charge in [0.2, 0.25) is 6.79 Å². The number of nitrogens with zero attached hydrogens (tertiary/aromatic N) is 2. The lowest BCUT2D eigenvalue weighted by atomic mass is 10.2. The second-order valence-electron chi connectivity index (χ2n) is 4.03. The lowest BCUT2D eigenvalue weighted by Gasteiger charge is -2.07. The number of fused-ring (bicyclic) bond motifs is 1. The molecule has 0 atom stereocenters. The normalized spacial score (nSPS) is 12.8. The minimum absolute atomic E-state index is 0.291. The summed E-state index contributed by atoms with van der Waals surface area (Å²) in [5, 5.41) is 7.52. The molecule has 0 aliphatic carbocycles. The summed E-state index contributed by atoms with van der Waals surface area (Å²) in [7, 11) is 1.89. The van der Waals surface area contributed by atoms with Gasteiger partial charge < -0.3 is 14.8 Å². The number of halogens is 1. The van der Waals surface area contributed by atoms with Crippen LogP contribution in [0.3, 0.4) is 0 Å². The van der Waals surface area contributed by atoms with Crippen molar-refractivity contribution in [1.29, 1.82) is 0 Å². The van der Waals surface area contributed by atoms with Gasteiger partial charge in [0, 0.05) is 30.3 Å². The molecule has 3 rings (SSSR count). The molecule has 1 N–H and O–H groups in total. The fraction of sp³-hybridized carbons (Fsp3) is 0.250. The predicted octanol–water partition coefficient (Wildman–Crippen LogP) is 2.52. The molecule has 1 aliphatic rings. The van der Waals surface area contributed by atoms with Gasteiger partial charge >= 0.3 is 0 Å². The van der Waals surface area contributed by atoms with Crippen molar-refractivity contribution in [2.75, 3.05) is 12.1 Å². The number of aryl methyl sites for hydroxylation is 1. The molecule has 5 nitrogen and oxygen atoms in total. The van der Waals surface area contributed by atoms with Crippen LogP contribution in [-0.4, -0.2) is 16.6 Å². The summed E-state index contributed by atoms with van der Waals surface area (Å²) in [6, 6.07) is 5.83. The van der Waals surface area contributed by atoms with Crippen LogP contribution in [0.1, 0.15) is 5.56 Å². The van der Waals surface area contributed by atoms with E-state index < -0.39 is 0 Å². The highest BCUT2D eigenvalue weighted by molar-refractivity contribution is 9.10. The summed E-state index contributed by atoms with van der Waals surface area (Å²) in [5.41, 5.74) is 1.10. The molecule has 1 aliphatic heterocycles. The first-order chi connectivity index (χ1) is 8.72. The van der Waals surface area contributed by atoms with Crippen molar-refractivity contribution in [3.63, 3.8) is 0 Å². The van der Waals surface area contributed by atoms with E-state index in [4.69, 9.17) is 9.47 Å². The molecule has 18 heavy (non-hydrogen) atoms. The summed E-state index contributed by atoms with van der Waals surface area (Å²) in [6.07, 6.45) is 1.90. The van der Waals surface area contributed by atoms with Crippen LogP contribution in [0.25, 0.3) is 0 Å². The number of rotatable bonds is 3. The van der Waals surface area contributed by atoms with Gasteiger partial charge in [0.1, 0.15) is 5.82 Å². The fourth-order valence-electron chi connectivity index (χ4n) is 1.79. The minimum atomic E-state index is 0.291. The van der Waals surface area contributed by atoms with Gasteiger partial charge in [0.05, 0.1) is 0 Å². The first-order valence-corrected chi connectivity index (χ1v) is 6.33. The van der Waals surface area contributed by atoms with Gasteiger partial charge in [-0.05, 0) is 17.7 Å². The van der Waals surface area contributed by atoms with E-state index in [1.165, 1.54) is 0 Å². The maximum atomic E-state index is 5.36. The molecule has 94 valence electrons. The van der Waals surface area contributed by atoms with E-state index in [1.54, 1.807) is 4.68 Å².